The number of anilines is 1. The smallest absolute Gasteiger partial charge is 0.264 e. The Kier molecular flexibility index (Phi) is 12.0. The van der Waals surface area contributed by atoms with Gasteiger partial charge < -0.3 is 15.0 Å². The number of benzene rings is 4. The molecule has 1 N–H and O–H groups in total. The molecule has 4 aromatic rings. The Balaban J connectivity index is 1.80. The van der Waals surface area contributed by atoms with Crippen LogP contribution in [0.1, 0.15) is 37.5 Å². The fraction of sp³-hybridized carbons (Fsp3) is 0.297. The molecule has 4 aromatic carbocycles. The van der Waals surface area contributed by atoms with Crippen molar-refractivity contribution in [2.45, 2.75) is 51.6 Å². The van der Waals surface area contributed by atoms with Gasteiger partial charge in [0.1, 0.15) is 18.3 Å². The molecule has 0 bridgehead atoms. The van der Waals surface area contributed by atoms with Gasteiger partial charge in [-0.05, 0) is 72.9 Å². The highest BCUT2D eigenvalue weighted by Crippen LogP contribution is 2.27. The molecule has 46 heavy (non-hydrogen) atoms. The van der Waals surface area contributed by atoms with Gasteiger partial charge in [0.25, 0.3) is 10.0 Å². The SMILES string of the molecule is CCOc1ccc(N(CC(=O)N(Cc2ccccc2C)[C@H](Cc2ccccc2)C(=O)NCC(C)C)S(=O)(=O)c2ccccc2)cc1. The zero-order valence-electron chi connectivity index (χ0n) is 26.9. The Morgan fingerprint density at radius 3 is 2.04 bits per heavy atom. The zero-order chi connectivity index (χ0) is 33.1. The van der Waals surface area contributed by atoms with Crippen molar-refractivity contribution in [2.24, 2.45) is 5.92 Å². The lowest BCUT2D eigenvalue weighted by atomic mass is 10.0. The average molecular weight is 642 g/mol. The Labute approximate surface area is 273 Å². The minimum Gasteiger partial charge on any atom is -0.494 e. The van der Waals surface area contributed by atoms with Crippen LogP contribution in [0.15, 0.2) is 114 Å². The third kappa shape index (κ3) is 8.97. The molecular formula is C37H43N3O5S. The number of sulfonamides is 1. The van der Waals surface area contributed by atoms with Crippen LogP contribution in [-0.4, -0.2) is 50.9 Å². The van der Waals surface area contributed by atoms with Crippen LogP contribution in [0.4, 0.5) is 5.69 Å². The number of amides is 2. The number of rotatable bonds is 15. The molecule has 1 atom stereocenters. The second-order valence-electron chi connectivity index (χ2n) is 11.5. The standard InChI is InChI=1S/C37H43N3O5S/c1-5-45-33-22-20-32(21-23-33)40(46(43,44)34-18-10-7-11-19-34)27-36(41)39(26-31-17-13-12-14-29(31)4)35(37(42)38-25-28(2)3)24-30-15-8-6-9-16-30/h6-23,28,35H,5,24-27H2,1-4H3,(H,38,42)/t35-/m1/s1. The summed E-state index contributed by atoms with van der Waals surface area (Å²) in [5, 5.41) is 3.02. The quantitative estimate of drug-likeness (QED) is 0.172. The zero-order valence-corrected chi connectivity index (χ0v) is 27.7. The van der Waals surface area contributed by atoms with Gasteiger partial charge in [-0.15, -0.1) is 0 Å². The van der Waals surface area contributed by atoms with E-state index in [9.17, 15) is 18.0 Å². The number of aryl methyl sites for hydroxylation is 1. The average Bonchev–Trinajstić information content (AvgIpc) is 3.06. The van der Waals surface area contributed by atoms with Gasteiger partial charge in [-0.1, -0.05) is 86.6 Å². The highest BCUT2D eigenvalue weighted by molar-refractivity contribution is 7.92. The van der Waals surface area contributed by atoms with Crippen molar-refractivity contribution in [1.82, 2.24) is 10.2 Å². The molecular weight excluding hydrogens is 598 g/mol. The highest BCUT2D eigenvalue weighted by atomic mass is 32.2. The molecule has 0 aliphatic heterocycles. The lowest BCUT2D eigenvalue weighted by Crippen LogP contribution is -2.53. The van der Waals surface area contributed by atoms with Crippen molar-refractivity contribution in [3.8, 4) is 5.75 Å². The second-order valence-corrected chi connectivity index (χ2v) is 13.4. The molecule has 0 radical (unpaired) electrons. The van der Waals surface area contributed by atoms with Crippen molar-refractivity contribution in [1.29, 1.82) is 0 Å². The van der Waals surface area contributed by atoms with E-state index >= 15 is 0 Å². The van der Waals surface area contributed by atoms with Gasteiger partial charge in [-0.25, -0.2) is 8.42 Å². The van der Waals surface area contributed by atoms with Crippen molar-refractivity contribution in [3.63, 3.8) is 0 Å². The lowest BCUT2D eigenvalue weighted by Gasteiger charge is -2.34. The predicted octanol–water partition coefficient (Wildman–Crippen LogP) is 6.00. The molecule has 0 spiro atoms. The van der Waals surface area contributed by atoms with Gasteiger partial charge in [-0.2, -0.15) is 0 Å². The third-order valence-corrected chi connectivity index (χ3v) is 9.39. The molecule has 242 valence electrons. The summed E-state index contributed by atoms with van der Waals surface area (Å²) in [6.45, 7) is 8.34. The van der Waals surface area contributed by atoms with E-state index in [0.717, 1.165) is 21.0 Å². The van der Waals surface area contributed by atoms with Gasteiger partial charge in [0.15, 0.2) is 0 Å². The van der Waals surface area contributed by atoms with E-state index in [4.69, 9.17) is 4.74 Å². The summed E-state index contributed by atoms with van der Waals surface area (Å²) in [7, 11) is -4.17. The number of nitrogens with one attached hydrogen (secondary N) is 1. The van der Waals surface area contributed by atoms with Gasteiger partial charge in [0.2, 0.25) is 11.8 Å². The number of hydrogen-bond donors (Lipinski definition) is 1. The van der Waals surface area contributed by atoms with E-state index in [1.165, 1.54) is 17.0 Å². The van der Waals surface area contributed by atoms with Crippen LogP contribution in [0.2, 0.25) is 0 Å². The van der Waals surface area contributed by atoms with E-state index in [0.29, 0.717) is 24.6 Å². The molecule has 0 saturated heterocycles. The first-order valence-corrected chi connectivity index (χ1v) is 17.0. The maximum absolute atomic E-state index is 14.6. The molecule has 0 aliphatic rings. The van der Waals surface area contributed by atoms with E-state index < -0.39 is 28.5 Å². The van der Waals surface area contributed by atoms with Gasteiger partial charge in [0, 0.05) is 19.5 Å². The predicted molar refractivity (Wildman–Crippen MR) is 182 cm³/mol. The van der Waals surface area contributed by atoms with Crippen LogP contribution in [0.5, 0.6) is 5.75 Å². The minimum atomic E-state index is -4.17. The van der Waals surface area contributed by atoms with E-state index in [-0.39, 0.29) is 29.7 Å². The van der Waals surface area contributed by atoms with E-state index in [1.807, 2.05) is 82.3 Å². The number of nitrogens with zero attached hydrogens (tertiary/aromatic N) is 2. The molecule has 2 amide bonds. The first-order valence-electron chi connectivity index (χ1n) is 15.6. The van der Waals surface area contributed by atoms with E-state index in [1.54, 1.807) is 42.5 Å². The topological polar surface area (TPSA) is 96.0 Å². The molecule has 8 nitrogen and oxygen atoms in total. The third-order valence-electron chi connectivity index (χ3n) is 7.60. The van der Waals surface area contributed by atoms with Crippen LogP contribution in [0, 0.1) is 12.8 Å². The summed E-state index contributed by atoms with van der Waals surface area (Å²) in [6.07, 6.45) is 0.261. The summed E-state index contributed by atoms with van der Waals surface area (Å²) in [5.41, 5.74) is 3.01. The Morgan fingerprint density at radius 1 is 0.826 bits per heavy atom. The van der Waals surface area contributed by atoms with Crippen LogP contribution >= 0.6 is 0 Å². The summed E-state index contributed by atoms with van der Waals surface area (Å²) >= 11 is 0. The van der Waals surface area contributed by atoms with Crippen LogP contribution < -0.4 is 14.4 Å². The number of carbonyl (C=O) groups is 2. The molecule has 0 fully saturated rings. The summed E-state index contributed by atoms with van der Waals surface area (Å²) < 4.78 is 34.9. The minimum absolute atomic E-state index is 0.0534. The van der Waals surface area contributed by atoms with E-state index in [2.05, 4.69) is 5.32 Å². The highest BCUT2D eigenvalue weighted by Gasteiger charge is 2.34. The maximum atomic E-state index is 14.6. The van der Waals surface area contributed by atoms with Gasteiger partial charge in [-0.3, -0.25) is 13.9 Å². The number of carbonyl (C=O) groups excluding carboxylic acids is 2. The second kappa shape index (κ2) is 16.1. The Morgan fingerprint density at radius 2 is 1.43 bits per heavy atom. The van der Waals surface area contributed by atoms with Crippen molar-refractivity contribution < 1.29 is 22.7 Å². The van der Waals surface area contributed by atoms with Crippen molar-refractivity contribution >= 4 is 27.5 Å². The van der Waals surface area contributed by atoms with Crippen molar-refractivity contribution in [2.75, 3.05) is 24.0 Å². The molecule has 0 saturated carbocycles. The molecule has 9 heteroatoms. The first-order chi connectivity index (χ1) is 22.1. The molecule has 0 aliphatic carbocycles. The Hall–Kier alpha value is -4.63. The lowest BCUT2D eigenvalue weighted by molar-refractivity contribution is -0.140. The number of hydrogen-bond acceptors (Lipinski definition) is 5. The summed E-state index contributed by atoms with van der Waals surface area (Å²) in [5.74, 6) is -0.0103. The van der Waals surface area contributed by atoms with Crippen molar-refractivity contribution in [3.05, 3.63) is 126 Å². The monoisotopic (exact) mass is 641 g/mol. The fourth-order valence-electron chi connectivity index (χ4n) is 5.07. The number of ether oxygens (including phenoxy) is 1. The largest absolute Gasteiger partial charge is 0.494 e. The normalized spacial score (nSPS) is 11.9. The van der Waals surface area contributed by atoms with Gasteiger partial charge >= 0.3 is 0 Å². The first kappa shape index (κ1) is 34.2. The van der Waals surface area contributed by atoms with Gasteiger partial charge in [0.05, 0.1) is 17.2 Å². The summed E-state index contributed by atoms with van der Waals surface area (Å²) in [6, 6.07) is 31.0. The van der Waals surface area contributed by atoms with Crippen LogP contribution in [0.25, 0.3) is 0 Å². The summed E-state index contributed by atoms with van der Waals surface area (Å²) in [4.78, 5) is 30.0. The molecule has 0 unspecified atom stereocenters. The molecule has 0 heterocycles. The maximum Gasteiger partial charge on any atom is 0.264 e. The van der Waals surface area contributed by atoms with Crippen LogP contribution in [0.3, 0.4) is 0 Å². The van der Waals surface area contributed by atoms with Crippen LogP contribution in [-0.2, 0) is 32.6 Å². The molecule has 4 rings (SSSR count). The molecule has 0 aromatic heterocycles. The Bertz CT molecular complexity index is 1680. The fourth-order valence-corrected chi connectivity index (χ4v) is 6.51.